The van der Waals surface area contributed by atoms with Crippen LogP contribution >= 0.6 is 15.9 Å². The summed E-state index contributed by atoms with van der Waals surface area (Å²) in [6.45, 7) is 4.03. The number of aryl methyl sites for hydroxylation is 1. The predicted molar refractivity (Wildman–Crippen MR) is 101 cm³/mol. The Morgan fingerprint density at radius 3 is 2.21 bits per heavy atom. The Morgan fingerprint density at radius 2 is 1.62 bits per heavy atom. The molecule has 2 aromatic carbocycles. The van der Waals surface area contributed by atoms with E-state index in [9.17, 15) is 9.59 Å². The normalized spacial score (nSPS) is 10.1. The van der Waals surface area contributed by atoms with Crippen LogP contribution in [0.3, 0.4) is 0 Å². The minimum absolute atomic E-state index is 0.0652. The van der Waals surface area contributed by atoms with E-state index < -0.39 is 0 Å². The van der Waals surface area contributed by atoms with Gasteiger partial charge in [-0.3, -0.25) is 9.59 Å². The first-order valence-corrected chi connectivity index (χ1v) is 8.41. The Balaban J connectivity index is 1.79. The molecular weight excluding hydrogens is 370 g/mol. The number of hydrogen-bond donors (Lipinski definition) is 3. The van der Waals surface area contributed by atoms with E-state index in [0.29, 0.717) is 24.3 Å². The fraction of sp³-hybridized carbons (Fsp3) is 0.222. The summed E-state index contributed by atoms with van der Waals surface area (Å²) in [5, 5.41) is 8.77. The van der Waals surface area contributed by atoms with Crippen molar-refractivity contribution in [2.75, 3.05) is 22.5 Å². The summed E-state index contributed by atoms with van der Waals surface area (Å²) in [5.41, 5.74) is 3.55. The first-order valence-electron chi connectivity index (χ1n) is 7.61. The Bertz CT molecular complexity index is 730. The number of benzene rings is 2. The molecule has 0 aliphatic rings. The quantitative estimate of drug-likeness (QED) is 0.694. The summed E-state index contributed by atoms with van der Waals surface area (Å²) in [6.07, 6.45) is 0.364. The molecule has 24 heavy (non-hydrogen) atoms. The van der Waals surface area contributed by atoms with Crippen LogP contribution in [0.2, 0.25) is 0 Å². The van der Waals surface area contributed by atoms with Crippen molar-refractivity contribution in [1.29, 1.82) is 0 Å². The Kier molecular flexibility index (Phi) is 6.37. The Hall–Kier alpha value is -2.34. The second kappa shape index (κ2) is 8.49. The molecule has 0 aliphatic carbocycles. The number of rotatable bonds is 6. The number of carbonyl (C=O) groups is 2. The highest BCUT2D eigenvalue weighted by molar-refractivity contribution is 9.10. The highest BCUT2D eigenvalue weighted by Crippen LogP contribution is 2.20. The number of amides is 2. The van der Waals surface area contributed by atoms with Crippen LogP contribution in [-0.2, 0) is 9.59 Å². The number of nitrogens with one attached hydrogen (secondary N) is 3. The van der Waals surface area contributed by atoms with Crippen LogP contribution < -0.4 is 16.0 Å². The van der Waals surface area contributed by atoms with Gasteiger partial charge in [0, 0.05) is 41.4 Å². The molecule has 0 aliphatic heterocycles. The molecule has 6 heteroatoms. The van der Waals surface area contributed by atoms with Crippen molar-refractivity contribution in [3.63, 3.8) is 0 Å². The third-order valence-corrected chi connectivity index (χ3v) is 3.84. The van der Waals surface area contributed by atoms with Crippen LogP contribution in [0, 0.1) is 6.92 Å². The van der Waals surface area contributed by atoms with Gasteiger partial charge in [-0.25, -0.2) is 0 Å². The molecule has 0 atom stereocenters. The van der Waals surface area contributed by atoms with Crippen LogP contribution in [0.15, 0.2) is 46.9 Å². The van der Waals surface area contributed by atoms with Crippen molar-refractivity contribution in [2.24, 2.45) is 0 Å². The van der Waals surface area contributed by atoms with Gasteiger partial charge in [0.25, 0.3) is 0 Å². The lowest BCUT2D eigenvalue weighted by atomic mass is 10.2. The first kappa shape index (κ1) is 18.0. The van der Waals surface area contributed by atoms with Crippen LogP contribution in [-0.4, -0.2) is 18.4 Å². The predicted octanol–water partition coefficient (Wildman–Crippen LogP) is 4.16. The molecule has 0 radical (unpaired) electrons. The molecule has 2 aromatic rings. The summed E-state index contributed by atoms with van der Waals surface area (Å²) >= 11 is 3.43. The molecule has 0 saturated heterocycles. The molecule has 0 saturated carbocycles. The maximum atomic E-state index is 12.0. The SMILES string of the molecule is CC(=O)Nc1ccc(NC(=O)CCNc2ccc(Br)cc2C)cc1. The minimum Gasteiger partial charge on any atom is -0.384 e. The average Bonchev–Trinajstić information content (AvgIpc) is 2.51. The monoisotopic (exact) mass is 389 g/mol. The highest BCUT2D eigenvalue weighted by Gasteiger charge is 2.04. The van der Waals surface area contributed by atoms with Crippen molar-refractivity contribution >= 4 is 44.8 Å². The molecule has 3 N–H and O–H groups in total. The molecule has 0 unspecified atom stereocenters. The fourth-order valence-electron chi connectivity index (χ4n) is 2.20. The number of anilines is 3. The van der Waals surface area contributed by atoms with Gasteiger partial charge >= 0.3 is 0 Å². The molecule has 0 heterocycles. The smallest absolute Gasteiger partial charge is 0.226 e. The standard InChI is InChI=1S/C18H20BrN3O2/c1-12-11-14(19)3-8-17(12)20-10-9-18(24)22-16-6-4-15(5-7-16)21-13(2)23/h3-8,11,20H,9-10H2,1-2H3,(H,21,23)(H,22,24). The van der Waals surface area contributed by atoms with Crippen LogP contribution in [0.5, 0.6) is 0 Å². The van der Waals surface area contributed by atoms with E-state index in [4.69, 9.17) is 0 Å². The lowest BCUT2D eigenvalue weighted by Gasteiger charge is -2.10. The van der Waals surface area contributed by atoms with E-state index in [1.807, 2.05) is 25.1 Å². The first-order chi connectivity index (χ1) is 11.4. The zero-order valence-corrected chi connectivity index (χ0v) is 15.2. The number of halogens is 1. The van der Waals surface area contributed by atoms with E-state index in [1.165, 1.54) is 6.92 Å². The minimum atomic E-state index is -0.124. The van der Waals surface area contributed by atoms with Crippen molar-refractivity contribution < 1.29 is 9.59 Å². The van der Waals surface area contributed by atoms with Crippen molar-refractivity contribution in [3.8, 4) is 0 Å². The van der Waals surface area contributed by atoms with Gasteiger partial charge in [-0.15, -0.1) is 0 Å². The molecule has 0 spiro atoms. The molecule has 2 rings (SSSR count). The zero-order chi connectivity index (χ0) is 17.5. The van der Waals surface area contributed by atoms with E-state index in [-0.39, 0.29) is 11.8 Å². The molecule has 0 fully saturated rings. The summed E-state index contributed by atoms with van der Waals surface area (Å²) < 4.78 is 1.03. The van der Waals surface area contributed by atoms with E-state index in [1.54, 1.807) is 24.3 Å². The van der Waals surface area contributed by atoms with Crippen molar-refractivity contribution in [2.45, 2.75) is 20.3 Å². The van der Waals surface area contributed by atoms with Gasteiger partial charge in [0.2, 0.25) is 11.8 Å². The summed E-state index contributed by atoms with van der Waals surface area (Å²) in [4.78, 5) is 22.9. The van der Waals surface area contributed by atoms with Gasteiger partial charge in [-0.1, -0.05) is 15.9 Å². The van der Waals surface area contributed by atoms with Crippen LogP contribution in [0.25, 0.3) is 0 Å². The van der Waals surface area contributed by atoms with Gasteiger partial charge in [-0.2, -0.15) is 0 Å². The van der Waals surface area contributed by atoms with Gasteiger partial charge < -0.3 is 16.0 Å². The van der Waals surface area contributed by atoms with Gasteiger partial charge in [-0.05, 0) is 55.0 Å². The second-order valence-electron chi connectivity index (χ2n) is 5.44. The maximum absolute atomic E-state index is 12.0. The van der Waals surface area contributed by atoms with Gasteiger partial charge in [0.05, 0.1) is 0 Å². The number of carbonyl (C=O) groups excluding carboxylic acids is 2. The summed E-state index contributed by atoms with van der Waals surface area (Å²) in [6, 6.07) is 13.0. The average molecular weight is 390 g/mol. The molecule has 126 valence electrons. The summed E-state index contributed by atoms with van der Waals surface area (Å²) in [5.74, 6) is -0.189. The topological polar surface area (TPSA) is 70.2 Å². The third-order valence-electron chi connectivity index (χ3n) is 3.34. The fourth-order valence-corrected chi connectivity index (χ4v) is 2.68. The van der Waals surface area contributed by atoms with Crippen molar-refractivity contribution in [3.05, 3.63) is 52.5 Å². The molecule has 0 aromatic heterocycles. The third kappa shape index (κ3) is 5.70. The zero-order valence-electron chi connectivity index (χ0n) is 13.7. The Morgan fingerprint density at radius 1 is 1.00 bits per heavy atom. The lowest BCUT2D eigenvalue weighted by molar-refractivity contribution is -0.116. The van der Waals surface area contributed by atoms with Crippen LogP contribution in [0.4, 0.5) is 17.1 Å². The molecule has 2 amide bonds. The van der Waals surface area contributed by atoms with E-state index in [2.05, 4.69) is 31.9 Å². The van der Waals surface area contributed by atoms with Crippen molar-refractivity contribution in [1.82, 2.24) is 0 Å². The lowest BCUT2D eigenvalue weighted by Crippen LogP contribution is -2.16. The number of hydrogen-bond acceptors (Lipinski definition) is 3. The maximum Gasteiger partial charge on any atom is 0.226 e. The van der Waals surface area contributed by atoms with E-state index >= 15 is 0 Å². The highest BCUT2D eigenvalue weighted by atomic mass is 79.9. The molecule has 5 nitrogen and oxygen atoms in total. The largest absolute Gasteiger partial charge is 0.384 e. The molecule has 0 bridgehead atoms. The van der Waals surface area contributed by atoms with E-state index in [0.717, 1.165) is 15.7 Å². The van der Waals surface area contributed by atoms with Gasteiger partial charge in [0.1, 0.15) is 0 Å². The molecular formula is C18H20BrN3O2. The van der Waals surface area contributed by atoms with Crippen LogP contribution in [0.1, 0.15) is 18.9 Å². The second-order valence-corrected chi connectivity index (χ2v) is 6.36. The Labute approximate surface area is 150 Å². The summed E-state index contributed by atoms with van der Waals surface area (Å²) in [7, 11) is 0. The van der Waals surface area contributed by atoms with Gasteiger partial charge in [0.15, 0.2) is 0 Å².